The minimum absolute atomic E-state index is 0.0475. The number of rotatable bonds is 14. The van der Waals surface area contributed by atoms with Gasteiger partial charge in [0.2, 0.25) is 0 Å². The van der Waals surface area contributed by atoms with Gasteiger partial charge in [0.25, 0.3) is 0 Å². The fraction of sp³-hybridized carbons (Fsp3) is 0.455. The molecule has 3 rings (SSSR count). The number of benzene rings is 2. The SMILES string of the molecule is C=CCOC(=O)NS(=O)(=O)N(CC(=O)OC)c1c(OCc2ccccc2)cc2c(c1F)C[C@@H](CN(CC(C)C)C(=O)OC(C)(C)C)N2C(=O)O. The zero-order valence-electron chi connectivity index (χ0n) is 28.8. The van der Waals surface area contributed by atoms with Crippen LogP contribution in [0.15, 0.2) is 49.1 Å². The summed E-state index contributed by atoms with van der Waals surface area (Å²) in [6.07, 6.45) is -2.75. The number of carboxylic acid groups (broad SMARTS) is 1. The van der Waals surface area contributed by atoms with Gasteiger partial charge >= 0.3 is 34.5 Å². The topological polar surface area (TPSA) is 181 Å². The van der Waals surface area contributed by atoms with E-state index in [0.29, 0.717) is 5.56 Å². The van der Waals surface area contributed by atoms with Crippen molar-refractivity contribution >= 4 is 45.8 Å². The standard InChI is InChI=1S/C33H43FN4O11S/c1-8-14-47-30(40)35-50(44,45)37(19-27(39)46-7)29-26(48-20-22-12-10-9-11-13-22)16-25-24(28(29)34)15-23(38(25)31(41)42)18-36(17-21(2)3)32(43)49-33(4,5)6/h8-13,16,21,23H,1,14-15,17-20H2,2-7H3,(H,35,40)(H,41,42)/t23-/m0/s1. The van der Waals surface area contributed by atoms with E-state index in [4.69, 9.17) is 14.2 Å². The van der Waals surface area contributed by atoms with Gasteiger partial charge < -0.3 is 29.0 Å². The third-order valence-electron chi connectivity index (χ3n) is 7.04. The molecule has 0 bridgehead atoms. The molecular weight excluding hydrogens is 679 g/mol. The summed E-state index contributed by atoms with van der Waals surface area (Å²) < 4.78 is 66.9. The Morgan fingerprint density at radius 1 is 1.18 bits per heavy atom. The number of nitrogens with zero attached hydrogens (tertiary/aromatic N) is 3. The van der Waals surface area contributed by atoms with Gasteiger partial charge in [0.1, 0.15) is 36.8 Å². The lowest BCUT2D eigenvalue weighted by Crippen LogP contribution is -2.48. The highest BCUT2D eigenvalue weighted by Gasteiger charge is 2.42. The molecule has 0 fully saturated rings. The molecule has 2 aromatic rings. The van der Waals surface area contributed by atoms with Crippen LogP contribution in [0.3, 0.4) is 0 Å². The van der Waals surface area contributed by atoms with E-state index in [-0.39, 0.29) is 54.2 Å². The Bertz CT molecular complexity index is 1680. The normalized spacial score (nSPS) is 14.0. The van der Waals surface area contributed by atoms with Crippen LogP contribution < -0.4 is 18.7 Å². The van der Waals surface area contributed by atoms with Crippen LogP contribution in [-0.2, 0) is 42.2 Å². The van der Waals surface area contributed by atoms with Gasteiger partial charge in [0.05, 0.1) is 18.8 Å². The van der Waals surface area contributed by atoms with E-state index in [1.54, 1.807) is 55.8 Å². The third kappa shape index (κ3) is 10.2. The summed E-state index contributed by atoms with van der Waals surface area (Å²) in [6.45, 7) is 10.4. The second-order valence-corrected chi connectivity index (χ2v) is 14.3. The minimum atomic E-state index is -5.11. The Labute approximate surface area is 290 Å². The quantitative estimate of drug-likeness (QED) is 0.155. The first kappa shape index (κ1) is 39.4. The molecule has 15 nitrogen and oxygen atoms in total. The molecule has 0 saturated heterocycles. The molecule has 1 atom stereocenters. The van der Waals surface area contributed by atoms with E-state index in [2.05, 4.69) is 11.3 Å². The minimum Gasteiger partial charge on any atom is -0.487 e. The monoisotopic (exact) mass is 722 g/mol. The van der Waals surface area contributed by atoms with Gasteiger partial charge in [-0.1, -0.05) is 56.8 Å². The third-order valence-corrected chi connectivity index (χ3v) is 8.36. The number of carbonyl (C=O) groups excluding carboxylic acids is 3. The Balaban J connectivity index is 2.21. The highest BCUT2D eigenvalue weighted by Crippen LogP contribution is 2.45. The molecule has 274 valence electrons. The molecule has 0 aliphatic carbocycles. The molecule has 1 heterocycles. The van der Waals surface area contributed by atoms with Gasteiger partial charge in [-0.05, 0) is 32.3 Å². The van der Waals surface area contributed by atoms with Crippen molar-refractivity contribution in [2.24, 2.45) is 5.92 Å². The molecule has 3 amide bonds. The number of nitrogens with one attached hydrogen (secondary N) is 1. The molecule has 17 heteroatoms. The van der Waals surface area contributed by atoms with Crippen LogP contribution >= 0.6 is 0 Å². The van der Waals surface area contributed by atoms with Crippen LogP contribution in [0.1, 0.15) is 45.7 Å². The zero-order valence-corrected chi connectivity index (χ0v) is 29.6. The maximum Gasteiger partial charge on any atom is 0.422 e. The van der Waals surface area contributed by atoms with E-state index in [9.17, 15) is 32.7 Å². The zero-order chi connectivity index (χ0) is 37.4. The van der Waals surface area contributed by atoms with Crippen molar-refractivity contribution in [3.05, 3.63) is 66.0 Å². The first-order chi connectivity index (χ1) is 23.4. The van der Waals surface area contributed by atoms with Crippen LogP contribution in [0.5, 0.6) is 5.75 Å². The van der Waals surface area contributed by atoms with E-state index in [1.165, 1.54) is 11.0 Å². The highest BCUT2D eigenvalue weighted by atomic mass is 32.2. The van der Waals surface area contributed by atoms with E-state index >= 15 is 4.39 Å². The van der Waals surface area contributed by atoms with Gasteiger partial charge in [-0.2, -0.15) is 8.42 Å². The number of hydrogen-bond donors (Lipinski definition) is 2. The average Bonchev–Trinajstić information content (AvgIpc) is 3.39. The molecular formula is C33H43FN4O11S. The maximum atomic E-state index is 17.0. The first-order valence-electron chi connectivity index (χ1n) is 15.6. The van der Waals surface area contributed by atoms with Crippen molar-refractivity contribution in [2.45, 2.75) is 59.3 Å². The first-order valence-corrected chi connectivity index (χ1v) is 17.0. The summed E-state index contributed by atoms with van der Waals surface area (Å²) in [5, 5.41) is 10.4. The number of halogens is 1. The van der Waals surface area contributed by atoms with Crippen molar-refractivity contribution in [1.82, 2.24) is 9.62 Å². The average molecular weight is 723 g/mol. The molecule has 2 aromatic carbocycles. The van der Waals surface area contributed by atoms with Crippen LogP contribution in [0.25, 0.3) is 0 Å². The Morgan fingerprint density at radius 3 is 2.40 bits per heavy atom. The lowest BCUT2D eigenvalue weighted by Gasteiger charge is -2.32. The second kappa shape index (κ2) is 16.6. The Hall–Kier alpha value is -5.06. The van der Waals surface area contributed by atoms with Crippen molar-refractivity contribution in [2.75, 3.05) is 42.6 Å². The number of amides is 3. The molecule has 0 spiro atoms. The molecule has 0 saturated carbocycles. The van der Waals surface area contributed by atoms with E-state index in [1.807, 2.05) is 13.8 Å². The molecule has 0 radical (unpaired) electrons. The van der Waals surface area contributed by atoms with Gasteiger partial charge in [-0.25, -0.2) is 27.8 Å². The lowest BCUT2D eigenvalue weighted by molar-refractivity contribution is -0.138. The van der Waals surface area contributed by atoms with Gasteiger partial charge in [-0.15, -0.1) is 0 Å². The fourth-order valence-corrected chi connectivity index (χ4v) is 6.16. The number of ether oxygens (including phenoxy) is 4. The van der Waals surface area contributed by atoms with E-state index < -0.39 is 69.9 Å². The van der Waals surface area contributed by atoms with Gasteiger partial charge in [0.15, 0.2) is 5.82 Å². The predicted molar refractivity (Wildman–Crippen MR) is 181 cm³/mol. The molecule has 2 N–H and O–H groups in total. The molecule has 50 heavy (non-hydrogen) atoms. The molecule has 0 aromatic heterocycles. The number of esters is 1. The highest BCUT2D eigenvalue weighted by molar-refractivity contribution is 7.91. The second-order valence-electron chi connectivity index (χ2n) is 12.7. The van der Waals surface area contributed by atoms with Crippen LogP contribution in [0, 0.1) is 11.7 Å². The Kier molecular flexibility index (Phi) is 13.0. The van der Waals surface area contributed by atoms with Crippen molar-refractivity contribution < 1.29 is 56.0 Å². The Morgan fingerprint density at radius 2 is 1.84 bits per heavy atom. The van der Waals surface area contributed by atoms with Crippen molar-refractivity contribution in [1.29, 1.82) is 0 Å². The summed E-state index contributed by atoms with van der Waals surface area (Å²) in [7, 11) is -4.13. The number of methoxy groups -OCH3 is 1. The number of hydrogen-bond acceptors (Lipinski definition) is 10. The largest absolute Gasteiger partial charge is 0.487 e. The number of carbonyl (C=O) groups is 4. The van der Waals surface area contributed by atoms with Crippen molar-refractivity contribution in [3.63, 3.8) is 0 Å². The van der Waals surface area contributed by atoms with Crippen LogP contribution in [0.4, 0.5) is 30.1 Å². The maximum absolute atomic E-state index is 17.0. The van der Waals surface area contributed by atoms with E-state index in [0.717, 1.165) is 18.1 Å². The molecule has 1 aliphatic heterocycles. The lowest BCUT2D eigenvalue weighted by atomic mass is 10.1. The summed E-state index contributed by atoms with van der Waals surface area (Å²) in [5.74, 6) is -2.90. The summed E-state index contributed by atoms with van der Waals surface area (Å²) in [4.78, 5) is 53.0. The number of fused-ring (bicyclic) bond motifs is 1. The summed E-state index contributed by atoms with van der Waals surface area (Å²) >= 11 is 0. The fourth-order valence-electron chi connectivity index (χ4n) is 5.09. The smallest absolute Gasteiger partial charge is 0.422 e. The van der Waals surface area contributed by atoms with Crippen LogP contribution in [0.2, 0.25) is 0 Å². The van der Waals surface area contributed by atoms with Gasteiger partial charge in [0, 0.05) is 31.1 Å². The van der Waals surface area contributed by atoms with Crippen LogP contribution in [-0.4, -0.2) is 87.7 Å². The number of anilines is 2. The summed E-state index contributed by atoms with van der Waals surface area (Å²) in [5.41, 5.74) is -1.49. The molecule has 1 aliphatic rings. The van der Waals surface area contributed by atoms with Crippen molar-refractivity contribution in [3.8, 4) is 5.75 Å². The molecule has 0 unspecified atom stereocenters. The predicted octanol–water partition coefficient (Wildman–Crippen LogP) is 4.84. The van der Waals surface area contributed by atoms with Gasteiger partial charge in [-0.3, -0.25) is 9.69 Å². The summed E-state index contributed by atoms with van der Waals surface area (Å²) in [6, 6.07) is 8.63.